The van der Waals surface area contributed by atoms with Gasteiger partial charge < -0.3 is 26.2 Å². The van der Waals surface area contributed by atoms with E-state index in [0.717, 1.165) is 37.0 Å². The number of aliphatic hydroxyl groups excluding tert-OH is 1. The van der Waals surface area contributed by atoms with Gasteiger partial charge in [-0.25, -0.2) is 4.79 Å². The van der Waals surface area contributed by atoms with Crippen molar-refractivity contribution in [1.29, 1.82) is 0 Å². The molecular formula is C19H29N3O4S. The number of β-lactam (4-membered cyclic amide) rings is 1. The number of aliphatic hydroxyl groups is 1. The summed E-state index contributed by atoms with van der Waals surface area (Å²) >= 11 is 1.62. The molecule has 27 heavy (non-hydrogen) atoms. The van der Waals surface area contributed by atoms with Crippen LogP contribution in [0.4, 0.5) is 0 Å². The molecule has 4 aliphatic rings. The molecule has 3 fully saturated rings. The lowest BCUT2D eigenvalue weighted by Gasteiger charge is -2.46. The van der Waals surface area contributed by atoms with Crippen LogP contribution in [0.25, 0.3) is 0 Å². The number of fused-ring (bicyclic) bond motifs is 1. The van der Waals surface area contributed by atoms with Gasteiger partial charge in [-0.3, -0.25) is 4.79 Å². The molecule has 2 saturated carbocycles. The van der Waals surface area contributed by atoms with Crippen LogP contribution in [0.15, 0.2) is 10.6 Å². The second-order valence-electron chi connectivity index (χ2n) is 8.62. The van der Waals surface area contributed by atoms with Crippen LogP contribution in [0.2, 0.25) is 0 Å². The number of rotatable bonds is 6. The smallest absolute Gasteiger partial charge is 0.353 e. The molecule has 1 saturated heterocycles. The van der Waals surface area contributed by atoms with Crippen LogP contribution in [0.3, 0.4) is 0 Å². The van der Waals surface area contributed by atoms with E-state index in [1.54, 1.807) is 18.7 Å². The Bertz CT molecular complexity index is 676. The summed E-state index contributed by atoms with van der Waals surface area (Å²) in [5.41, 5.74) is 6.11. The van der Waals surface area contributed by atoms with E-state index in [-0.39, 0.29) is 23.6 Å². The first kappa shape index (κ1) is 19.2. The Morgan fingerprint density at radius 3 is 2.56 bits per heavy atom. The number of hydrogen-bond acceptors (Lipinski definition) is 6. The number of carbonyl (C=O) groups excluding carboxylic acids is 1. The molecule has 7 nitrogen and oxygen atoms in total. The maximum atomic E-state index is 12.4. The number of carboxylic acids is 1. The lowest BCUT2D eigenvalue weighted by Crippen LogP contribution is -2.63. The fourth-order valence-corrected chi connectivity index (χ4v) is 6.82. The highest BCUT2D eigenvalue weighted by molar-refractivity contribution is 8.03. The van der Waals surface area contributed by atoms with Gasteiger partial charge in [0.1, 0.15) is 5.70 Å². The number of aliphatic carboxylic acids is 1. The standard InChI is InChI=1S/C19H29N3O4S/c1-8-15-14(9(2)23)18(24)22(15)16(19(25)26)17(8)27-13-6-12(7-13)21-11-4-3-10(20)5-11/h8-15,21,23H,3-7,20H2,1-2H3,(H,25,26)/t8-,9-,10-,11-,12-,13+,14-,15-/m1/s1. The zero-order valence-electron chi connectivity index (χ0n) is 15.8. The van der Waals surface area contributed by atoms with Gasteiger partial charge in [-0.15, -0.1) is 11.8 Å². The first-order valence-electron chi connectivity index (χ1n) is 9.94. The van der Waals surface area contributed by atoms with Crippen LogP contribution >= 0.6 is 11.8 Å². The third-order valence-electron chi connectivity index (χ3n) is 6.64. The van der Waals surface area contributed by atoms with Crippen LogP contribution < -0.4 is 11.1 Å². The van der Waals surface area contributed by atoms with Crippen LogP contribution in [-0.2, 0) is 9.59 Å². The second kappa shape index (κ2) is 7.06. The van der Waals surface area contributed by atoms with E-state index < -0.39 is 18.0 Å². The van der Waals surface area contributed by atoms with Gasteiger partial charge >= 0.3 is 5.97 Å². The number of thioether (sulfide) groups is 1. The number of nitrogens with two attached hydrogens (primary N) is 1. The van der Waals surface area contributed by atoms with Crippen LogP contribution in [-0.4, -0.2) is 62.5 Å². The Kier molecular flexibility index (Phi) is 5.03. The summed E-state index contributed by atoms with van der Waals surface area (Å²) in [4.78, 5) is 26.4. The molecule has 2 heterocycles. The SMILES string of the molecule is C[C@@H](O)[C@H]1C(=O)N2C(C(=O)O)=C(S[C@H]3C[C@@H](N[C@@H]4CC[C@@H](N)C4)C3)[C@H](C)[C@H]12. The summed E-state index contributed by atoms with van der Waals surface area (Å²) in [7, 11) is 0. The van der Waals surface area contributed by atoms with Crippen molar-refractivity contribution in [3.05, 3.63) is 10.6 Å². The van der Waals surface area contributed by atoms with Crippen molar-refractivity contribution in [1.82, 2.24) is 10.2 Å². The summed E-state index contributed by atoms with van der Waals surface area (Å²) < 4.78 is 0. The number of nitrogens with zero attached hydrogens (tertiary/aromatic N) is 1. The van der Waals surface area contributed by atoms with Crippen molar-refractivity contribution in [2.24, 2.45) is 17.6 Å². The number of amides is 1. The van der Waals surface area contributed by atoms with Gasteiger partial charge in [-0.1, -0.05) is 6.92 Å². The molecule has 0 aromatic heterocycles. The van der Waals surface area contributed by atoms with Crippen LogP contribution in [0.1, 0.15) is 46.0 Å². The molecule has 6 atom stereocenters. The molecule has 2 aliphatic heterocycles. The molecular weight excluding hydrogens is 366 g/mol. The van der Waals surface area contributed by atoms with Gasteiger partial charge in [-0.2, -0.15) is 0 Å². The van der Waals surface area contributed by atoms with Crippen LogP contribution in [0, 0.1) is 11.8 Å². The quantitative estimate of drug-likeness (QED) is 0.493. The highest BCUT2D eigenvalue weighted by Gasteiger charge is 2.60. The molecule has 150 valence electrons. The fourth-order valence-electron chi connectivity index (χ4n) is 5.16. The molecule has 0 spiro atoms. The number of hydrogen-bond donors (Lipinski definition) is 4. The normalized spacial score (nSPS) is 42.0. The third kappa shape index (κ3) is 3.20. The van der Waals surface area contributed by atoms with E-state index in [1.807, 2.05) is 6.92 Å². The zero-order chi connectivity index (χ0) is 19.5. The first-order chi connectivity index (χ1) is 12.8. The Morgan fingerprint density at radius 1 is 1.30 bits per heavy atom. The summed E-state index contributed by atoms with van der Waals surface area (Å²) in [6.07, 6.45) is 4.54. The second-order valence-corrected chi connectivity index (χ2v) is 9.96. The van der Waals surface area contributed by atoms with Crippen LogP contribution in [0.5, 0.6) is 0 Å². The average Bonchev–Trinajstić information content (AvgIpc) is 3.05. The lowest BCUT2D eigenvalue weighted by atomic mass is 9.79. The van der Waals surface area contributed by atoms with E-state index in [0.29, 0.717) is 23.4 Å². The van der Waals surface area contributed by atoms with Gasteiger partial charge in [0.15, 0.2) is 0 Å². The number of carbonyl (C=O) groups is 2. The molecule has 0 radical (unpaired) electrons. The van der Waals surface area contributed by atoms with Gasteiger partial charge in [-0.05, 0) is 39.0 Å². The van der Waals surface area contributed by atoms with Crippen molar-refractivity contribution in [3.8, 4) is 0 Å². The van der Waals surface area contributed by atoms with Crippen molar-refractivity contribution >= 4 is 23.6 Å². The Balaban J connectivity index is 1.39. The number of nitrogens with one attached hydrogen (secondary N) is 1. The van der Waals surface area contributed by atoms with Gasteiger partial charge in [0.25, 0.3) is 0 Å². The Hall–Kier alpha value is -1.09. The molecule has 2 aliphatic carbocycles. The van der Waals surface area contributed by atoms with Crippen molar-refractivity contribution < 1.29 is 19.8 Å². The summed E-state index contributed by atoms with van der Waals surface area (Å²) in [5.74, 6) is -1.84. The summed E-state index contributed by atoms with van der Waals surface area (Å²) in [6.45, 7) is 3.58. The maximum Gasteiger partial charge on any atom is 0.353 e. The van der Waals surface area contributed by atoms with Crippen molar-refractivity contribution in [2.75, 3.05) is 0 Å². The minimum atomic E-state index is -1.04. The molecule has 4 rings (SSSR count). The Morgan fingerprint density at radius 2 is 2.00 bits per heavy atom. The fraction of sp³-hybridized carbons (Fsp3) is 0.789. The predicted molar refractivity (Wildman–Crippen MR) is 103 cm³/mol. The van der Waals surface area contributed by atoms with Gasteiger partial charge in [0, 0.05) is 34.2 Å². The van der Waals surface area contributed by atoms with E-state index in [9.17, 15) is 19.8 Å². The third-order valence-corrected chi connectivity index (χ3v) is 8.18. The van der Waals surface area contributed by atoms with E-state index in [2.05, 4.69) is 5.32 Å². The van der Waals surface area contributed by atoms with E-state index >= 15 is 0 Å². The van der Waals surface area contributed by atoms with Gasteiger partial charge in [0.2, 0.25) is 5.91 Å². The highest BCUT2D eigenvalue weighted by Crippen LogP contribution is 2.53. The minimum absolute atomic E-state index is 0.0433. The molecule has 8 heteroatoms. The van der Waals surface area contributed by atoms with Crippen molar-refractivity contribution in [2.45, 2.75) is 81.5 Å². The molecule has 1 amide bonds. The predicted octanol–water partition coefficient (Wildman–Crippen LogP) is 0.874. The summed E-state index contributed by atoms with van der Waals surface area (Å²) in [6, 6.07) is 1.09. The van der Waals surface area contributed by atoms with Gasteiger partial charge in [0.05, 0.1) is 18.1 Å². The van der Waals surface area contributed by atoms with E-state index in [4.69, 9.17) is 5.73 Å². The molecule has 0 unspecified atom stereocenters. The topological polar surface area (TPSA) is 116 Å². The first-order valence-corrected chi connectivity index (χ1v) is 10.8. The highest BCUT2D eigenvalue weighted by atomic mass is 32.2. The number of carboxylic acid groups (broad SMARTS) is 1. The minimum Gasteiger partial charge on any atom is -0.477 e. The maximum absolute atomic E-state index is 12.4. The largest absolute Gasteiger partial charge is 0.477 e. The molecule has 0 bridgehead atoms. The zero-order valence-corrected chi connectivity index (χ0v) is 16.6. The van der Waals surface area contributed by atoms with E-state index in [1.165, 1.54) is 4.90 Å². The molecule has 0 aromatic carbocycles. The monoisotopic (exact) mass is 395 g/mol. The lowest BCUT2D eigenvalue weighted by molar-refractivity contribution is -0.163. The molecule has 0 aromatic rings. The Labute approximate surface area is 163 Å². The van der Waals surface area contributed by atoms with Crippen molar-refractivity contribution in [3.63, 3.8) is 0 Å². The summed E-state index contributed by atoms with van der Waals surface area (Å²) in [5, 5.41) is 23.7. The molecule has 5 N–H and O–H groups in total. The average molecular weight is 396 g/mol.